The maximum absolute atomic E-state index is 13.0. The fourth-order valence-electron chi connectivity index (χ4n) is 7.78. The Bertz CT molecular complexity index is 540. The van der Waals surface area contributed by atoms with E-state index >= 15 is 0 Å². The highest BCUT2D eigenvalue weighted by Crippen LogP contribution is 2.65. The molecule has 0 radical (unpaired) electrons. The van der Waals surface area contributed by atoms with Crippen LogP contribution < -0.4 is 10.6 Å². The third-order valence-electron chi connectivity index (χ3n) is 7.34. The van der Waals surface area contributed by atoms with Crippen LogP contribution in [-0.4, -0.2) is 27.4 Å². The Morgan fingerprint density at radius 1 is 1.00 bits per heavy atom. The van der Waals surface area contributed by atoms with Gasteiger partial charge in [-0.05, 0) is 83.5 Å². The summed E-state index contributed by atoms with van der Waals surface area (Å²) in [5, 5.41) is 5.93. The first-order valence-electron chi connectivity index (χ1n) is 10.3. The van der Waals surface area contributed by atoms with E-state index in [0.717, 1.165) is 31.1 Å². The van der Waals surface area contributed by atoms with Crippen molar-refractivity contribution in [2.24, 2.45) is 17.3 Å². The molecule has 0 aromatic carbocycles. The molecule has 1 amide bonds. The second-order valence-electron chi connectivity index (χ2n) is 11.6. The lowest BCUT2D eigenvalue weighted by atomic mass is 9.48. The van der Waals surface area contributed by atoms with Gasteiger partial charge in [-0.15, -0.1) is 0 Å². The number of amides is 1. The minimum Gasteiger partial charge on any atom is -0.353 e. The highest BCUT2D eigenvalue weighted by molar-refractivity contribution is 9.10. The molecule has 3 N–H and O–H groups in total. The van der Waals surface area contributed by atoms with E-state index in [4.69, 9.17) is 0 Å². The predicted octanol–water partition coefficient (Wildman–Crippen LogP) is 3.51. The molecule has 0 aromatic heterocycles. The van der Waals surface area contributed by atoms with Gasteiger partial charge in [-0.1, -0.05) is 15.9 Å². The second-order valence-corrected chi connectivity index (χ2v) is 13.3. The Hall–Kier alpha value is -0.0900. The number of carbonyl (C=O) groups excluding carboxylic acids is 1. The molecule has 4 bridgehead atoms. The molecular weight excluding hydrogens is 376 g/mol. The molecule has 4 saturated carbocycles. The molecule has 0 aromatic rings. The van der Waals surface area contributed by atoms with Crippen LogP contribution in [0.1, 0.15) is 85.5 Å². The first-order chi connectivity index (χ1) is 11.5. The van der Waals surface area contributed by atoms with E-state index in [1.54, 1.807) is 0 Å². The standard InChI is InChI=1S/C21H35BrN2O/c1-18(2)10-16(11-19(3,4)24-18)23-17(25)12-20-6-14-5-15(7-20)9-21(22,8-14)13-20/h14-16,24H,5-13H2,1-4H3,(H,23,25)/p+1/t14-,15-,20?,21?/m1/s1. The predicted molar refractivity (Wildman–Crippen MR) is 105 cm³/mol. The van der Waals surface area contributed by atoms with Gasteiger partial charge in [-0.2, -0.15) is 0 Å². The van der Waals surface area contributed by atoms with Gasteiger partial charge in [0.25, 0.3) is 0 Å². The van der Waals surface area contributed by atoms with E-state index < -0.39 is 0 Å². The van der Waals surface area contributed by atoms with Crippen molar-refractivity contribution in [1.29, 1.82) is 0 Å². The van der Waals surface area contributed by atoms with Gasteiger partial charge in [0.15, 0.2) is 0 Å². The van der Waals surface area contributed by atoms with Gasteiger partial charge in [0.1, 0.15) is 0 Å². The Morgan fingerprint density at radius 2 is 1.56 bits per heavy atom. The summed E-state index contributed by atoms with van der Waals surface area (Å²) in [5.41, 5.74) is 0.699. The Balaban J connectivity index is 1.41. The Labute approximate surface area is 161 Å². The van der Waals surface area contributed by atoms with Crippen LogP contribution in [0.15, 0.2) is 0 Å². The van der Waals surface area contributed by atoms with Crippen LogP contribution in [0.4, 0.5) is 0 Å². The lowest BCUT2D eigenvalue weighted by Gasteiger charge is -2.60. The minimum absolute atomic E-state index is 0.209. The number of alkyl halides is 1. The van der Waals surface area contributed by atoms with Crippen molar-refractivity contribution >= 4 is 21.8 Å². The maximum Gasteiger partial charge on any atom is 0.220 e. The van der Waals surface area contributed by atoms with Crippen molar-refractivity contribution in [3.63, 3.8) is 0 Å². The number of nitrogens with two attached hydrogens (primary N) is 1. The highest BCUT2D eigenvalue weighted by Gasteiger charge is 2.57. The molecule has 5 rings (SSSR count). The van der Waals surface area contributed by atoms with E-state index in [2.05, 4.69) is 54.3 Å². The largest absolute Gasteiger partial charge is 0.353 e. The van der Waals surface area contributed by atoms with Crippen LogP contribution in [-0.2, 0) is 4.79 Å². The quantitative estimate of drug-likeness (QED) is 0.685. The molecule has 0 spiro atoms. The van der Waals surface area contributed by atoms with Gasteiger partial charge in [-0.25, -0.2) is 0 Å². The molecule has 4 heteroatoms. The van der Waals surface area contributed by atoms with Crippen LogP contribution >= 0.6 is 15.9 Å². The van der Waals surface area contributed by atoms with Crippen molar-refractivity contribution in [3.8, 4) is 0 Å². The molecule has 1 saturated heterocycles. The lowest BCUT2D eigenvalue weighted by molar-refractivity contribution is -0.787. The van der Waals surface area contributed by atoms with Crippen molar-refractivity contribution in [2.45, 2.75) is 107 Å². The SMILES string of the molecule is CC1(C)CC(NC(=O)CC23C[C@H]4C[C@@H](CC(Br)(C4)C2)C3)CC(C)(C)[NH2+]1. The van der Waals surface area contributed by atoms with Crippen molar-refractivity contribution in [3.05, 3.63) is 0 Å². The molecular formula is C21H36BrN2O+. The molecule has 25 heavy (non-hydrogen) atoms. The molecule has 1 aliphatic heterocycles. The highest BCUT2D eigenvalue weighted by atomic mass is 79.9. The van der Waals surface area contributed by atoms with Gasteiger partial charge >= 0.3 is 0 Å². The van der Waals surface area contributed by atoms with Crippen LogP contribution in [0.3, 0.4) is 0 Å². The number of carbonyl (C=O) groups is 1. The van der Waals surface area contributed by atoms with E-state index in [9.17, 15) is 4.79 Å². The van der Waals surface area contributed by atoms with E-state index in [1.165, 1.54) is 38.5 Å². The zero-order valence-electron chi connectivity index (χ0n) is 16.5. The number of rotatable bonds is 3. The Kier molecular flexibility index (Phi) is 4.17. The van der Waals surface area contributed by atoms with Gasteiger partial charge < -0.3 is 10.6 Å². The zero-order chi connectivity index (χ0) is 18.1. The third-order valence-corrected chi connectivity index (χ3v) is 8.27. The number of hydrogen-bond donors (Lipinski definition) is 2. The summed E-state index contributed by atoms with van der Waals surface area (Å²) < 4.78 is 0.348. The van der Waals surface area contributed by atoms with E-state index in [0.29, 0.717) is 16.3 Å². The summed E-state index contributed by atoms with van der Waals surface area (Å²) in [5.74, 6) is 2.03. The van der Waals surface area contributed by atoms with Crippen molar-refractivity contribution in [1.82, 2.24) is 5.32 Å². The second kappa shape index (κ2) is 5.70. The van der Waals surface area contributed by atoms with E-state index in [-0.39, 0.29) is 16.5 Å². The zero-order valence-corrected chi connectivity index (χ0v) is 18.0. The van der Waals surface area contributed by atoms with Gasteiger partial charge in [0, 0.05) is 29.6 Å². The number of piperidine rings is 1. The average molecular weight is 412 g/mol. The summed E-state index contributed by atoms with van der Waals surface area (Å²) >= 11 is 4.07. The van der Waals surface area contributed by atoms with Gasteiger partial charge in [0.2, 0.25) is 5.91 Å². The monoisotopic (exact) mass is 411 g/mol. The van der Waals surface area contributed by atoms with Crippen LogP contribution in [0.5, 0.6) is 0 Å². The molecule has 3 nitrogen and oxygen atoms in total. The molecule has 142 valence electrons. The summed E-state index contributed by atoms with van der Waals surface area (Å²) in [6, 6.07) is 0.328. The number of hydrogen-bond acceptors (Lipinski definition) is 1. The summed E-state index contributed by atoms with van der Waals surface area (Å²) in [4.78, 5) is 13.0. The lowest BCUT2D eigenvalue weighted by Crippen LogP contribution is -3.06. The summed E-state index contributed by atoms with van der Waals surface area (Å²) in [7, 11) is 0. The van der Waals surface area contributed by atoms with Crippen molar-refractivity contribution < 1.29 is 10.1 Å². The molecule has 5 fully saturated rings. The maximum atomic E-state index is 13.0. The number of quaternary nitrogens is 1. The summed E-state index contributed by atoms with van der Waals surface area (Å²) in [6.45, 7) is 9.23. The average Bonchev–Trinajstić information content (AvgIpc) is 2.29. The van der Waals surface area contributed by atoms with Crippen molar-refractivity contribution in [2.75, 3.05) is 0 Å². The summed E-state index contributed by atoms with van der Waals surface area (Å²) in [6.07, 6.45) is 10.8. The fourth-order valence-corrected chi connectivity index (χ4v) is 9.29. The molecule has 2 atom stereocenters. The molecule has 0 unspecified atom stereocenters. The molecule has 1 heterocycles. The minimum atomic E-state index is 0.209. The van der Waals surface area contributed by atoms with Gasteiger partial charge in [0.05, 0.1) is 11.1 Å². The number of halogens is 1. The Morgan fingerprint density at radius 3 is 2.08 bits per heavy atom. The van der Waals surface area contributed by atoms with Crippen LogP contribution in [0, 0.1) is 17.3 Å². The smallest absolute Gasteiger partial charge is 0.220 e. The third kappa shape index (κ3) is 3.81. The first kappa shape index (κ1) is 18.3. The molecule has 4 aliphatic carbocycles. The molecule has 5 aliphatic rings. The first-order valence-corrected chi connectivity index (χ1v) is 11.1. The fraction of sp³-hybridized carbons (Fsp3) is 0.952. The van der Waals surface area contributed by atoms with E-state index in [1.807, 2.05) is 0 Å². The number of nitrogens with one attached hydrogen (secondary N) is 1. The normalized spacial score (nSPS) is 44.7. The van der Waals surface area contributed by atoms with Gasteiger partial charge in [-0.3, -0.25) is 4.79 Å². The topological polar surface area (TPSA) is 45.7 Å². The van der Waals surface area contributed by atoms with Crippen LogP contribution in [0.25, 0.3) is 0 Å². The van der Waals surface area contributed by atoms with Crippen LogP contribution in [0.2, 0.25) is 0 Å².